The molecule has 1 N–H and O–H groups in total. The minimum absolute atomic E-state index is 0.00356. The van der Waals surface area contributed by atoms with Crippen LogP contribution in [0.3, 0.4) is 0 Å². The largest absolute Gasteiger partial charge is 0.493 e. The Morgan fingerprint density at radius 1 is 1.16 bits per heavy atom. The van der Waals surface area contributed by atoms with E-state index in [1.54, 1.807) is 12.1 Å². The Labute approximate surface area is 189 Å². The third kappa shape index (κ3) is 5.86. The van der Waals surface area contributed by atoms with Crippen LogP contribution in [0.5, 0.6) is 5.75 Å². The van der Waals surface area contributed by atoms with Crippen LogP contribution in [-0.4, -0.2) is 47.9 Å². The maximum atomic E-state index is 14.6. The molecule has 6 heteroatoms. The highest BCUT2D eigenvalue weighted by atomic mass is 19.1. The van der Waals surface area contributed by atoms with Gasteiger partial charge in [0.2, 0.25) is 0 Å². The van der Waals surface area contributed by atoms with Gasteiger partial charge in [-0.1, -0.05) is 32.0 Å². The van der Waals surface area contributed by atoms with E-state index in [4.69, 9.17) is 9.84 Å². The molecular weight excluding hydrogens is 407 g/mol. The Bertz CT molecular complexity index is 956. The Hall–Kier alpha value is -2.91. The number of piperidine rings is 1. The van der Waals surface area contributed by atoms with Gasteiger partial charge in [0.1, 0.15) is 17.5 Å². The zero-order valence-corrected chi connectivity index (χ0v) is 18.8. The third-order valence-electron chi connectivity index (χ3n) is 6.53. The normalized spacial score (nSPS) is 15.3. The van der Waals surface area contributed by atoms with Crippen LogP contribution in [0, 0.1) is 17.2 Å². The fourth-order valence-corrected chi connectivity index (χ4v) is 4.15. The van der Waals surface area contributed by atoms with E-state index in [0.717, 1.165) is 42.8 Å². The average molecular weight is 439 g/mol. The van der Waals surface area contributed by atoms with E-state index in [1.165, 1.54) is 6.07 Å². The SMILES string of the molecule is CCC(F)(CC)CN1CCC(COc2ccc(-c3ccc(C(=O)O)c(C#N)c3)cc2)CC1. The highest BCUT2D eigenvalue weighted by Crippen LogP contribution is 2.27. The summed E-state index contributed by atoms with van der Waals surface area (Å²) in [5, 5.41) is 18.4. The molecule has 0 aromatic heterocycles. The number of ether oxygens (including phenoxy) is 1. The number of benzene rings is 2. The van der Waals surface area contributed by atoms with E-state index in [0.29, 0.717) is 31.9 Å². The molecule has 0 amide bonds. The molecule has 0 radical (unpaired) electrons. The van der Waals surface area contributed by atoms with Crippen molar-refractivity contribution < 1.29 is 19.0 Å². The second kappa shape index (κ2) is 10.6. The van der Waals surface area contributed by atoms with Crippen molar-refractivity contribution in [1.82, 2.24) is 4.90 Å². The van der Waals surface area contributed by atoms with E-state index in [9.17, 15) is 14.4 Å². The van der Waals surface area contributed by atoms with Gasteiger partial charge in [-0.05, 0) is 80.1 Å². The predicted molar refractivity (Wildman–Crippen MR) is 123 cm³/mol. The summed E-state index contributed by atoms with van der Waals surface area (Å²) >= 11 is 0. The van der Waals surface area contributed by atoms with Crippen molar-refractivity contribution in [1.29, 1.82) is 5.26 Å². The lowest BCUT2D eigenvalue weighted by molar-refractivity contribution is 0.0568. The number of nitrogens with zero attached hydrogens (tertiary/aromatic N) is 2. The molecule has 170 valence electrons. The van der Waals surface area contributed by atoms with E-state index in [2.05, 4.69) is 4.90 Å². The first-order chi connectivity index (χ1) is 15.4. The van der Waals surface area contributed by atoms with Crippen LogP contribution in [0.15, 0.2) is 42.5 Å². The first-order valence-electron chi connectivity index (χ1n) is 11.3. The molecule has 0 aliphatic carbocycles. The van der Waals surface area contributed by atoms with Crippen molar-refractivity contribution in [3.8, 4) is 22.9 Å². The minimum atomic E-state index is -1.11. The number of carbonyl (C=O) groups is 1. The van der Waals surface area contributed by atoms with Gasteiger partial charge < -0.3 is 14.7 Å². The van der Waals surface area contributed by atoms with Crippen molar-refractivity contribution in [3.63, 3.8) is 0 Å². The van der Waals surface area contributed by atoms with Gasteiger partial charge in [0.25, 0.3) is 0 Å². The topological polar surface area (TPSA) is 73.6 Å². The van der Waals surface area contributed by atoms with Gasteiger partial charge >= 0.3 is 5.97 Å². The van der Waals surface area contributed by atoms with Crippen LogP contribution in [0.2, 0.25) is 0 Å². The number of hydrogen-bond acceptors (Lipinski definition) is 4. The fraction of sp³-hybridized carbons (Fsp3) is 0.462. The van der Waals surface area contributed by atoms with Crippen molar-refractivity contribution in [2.45, 2.75) is 45.2 Å². The van der Waals surface area contributed by atoms with Crippen LogP contribution in [0.4, 0.5) is 4.39 Å². The van der Waals surface area contributed by atoms with Crippen molar-refractivity contribution in [2.24, 2.45) is 5.92 Å². The van der Waals surface area contributed by atoms with E-state index < -0.39 is 11.6 Å². The fourth-order valence-electron chi connectivity index (χ4n) is 4.15. The Morgan fingerprint density at radius 3 is 2.34 bits per heavy atom. The number of likely N-dealkylation sites (tertiary alicyclic amines) is 1. The van der Waals surface area contributed by atoms with Gasteiger partial charge in [-0.3, -0.25) is 0 Å². The number of carboxylic acid groups (broad SMARTS) is 1. The molecule has 1 aliphatic rings. The quantitative estimate of drug-likeness (QED) is 0.556. The zero-order chi connectivity index (χ0) is 23.1. The Kier molecular flexibility index (Phi) is 7.87. The van der Waals surface area contributed by atoms with Crippen molar-refractivity contribution >= 4 is 5.97 Å². The lowest BCUT2D eigenvalue weighted by Crippen LogP contribution is -2.44. The van der Waals surface area contributed by atoms with E-state index in [1.807, 2.05) is 44.2 Å². The second-order valence-corrected chi connectivity index (χ2v) is 8.59. The molecule has 0 unspecified atom stereocenters. The number of alkyl halides is 1. The second-order valence-electron chi connectivity index (χ2n) is 8.59. The summed E-state index contributed by atoms with van der Waals surface area (Å²) in [5.74, 6) is 0.131. The first-order valence-corrected chi connectivity index (χ1v) is 11.3. The van der Waals surface area contributed by atoms with Gasteiger partial charge in [-0.15, -0.1) is 0 Å². The smallest absolute Gasteiger partial charge is 0.337 e. The number of aromatic carboxylic acids is 1. The minimum Gasteiger partial charge on any atom is -0.493 e. The first kappa shape index (κ1) is 23.7. The van der Waals surface area contributed by atoms with Crippen LogP contribution < -0.4 is 4.74 Å². The maximum Gasteiger partial charge on any atom is 0.337 e. The molecule has 0 spiro atoms. The van der Waals surface area contributed by atoms with Gasteiger partial charge in [0, 0.05) is 6.54 Å². The van der Waals surface area contributed by atoms with Crippen LogP contribution in [0.1, 0.15) is 55.5 Å². The summed E-state index contributed by atoms with van der Waals surface area (Å²) < 4.78 is 20.6. The molecule has 1 fully saturated rings. The average Bonchev–Trinajstić information content (AvgIpc) is 2.83. The summed E-state index contributed by atoms with van der Waals surface area (Å²) in [7, 11) is 0. The summed E-state index contributed by atoms with van der Waals surface area (Å²) in [5.41, 5.74) is 0.746. The van der Waals surface area contributed by atoms with E-state index in [-0.39, 0.29) is 11.1 Å². The lowest BCUT2D eigenvalue weighted by atomic mass is 9.94. The molecule has 32 heavy (non-hydrogen) atoms. The molecule has 1 saturated heterocycles. The number of nitriles is 1. The number of hydrogen-bond donors (Lipinski definition) is 1. The molecular formula is C26H31FN2O3. The lowest BCUT2D eigenvalue weighted by Gasteiger charge is -2.36. The zero-order valence-electron chi connectivity index (χ0n) is 18.8. The van der Waals surface area contributed by atoms with Gasteiger partial charge in [0.15, 0.2) is 0 Å². The van der Waals surface area contributed by atoms with Crippen LogP contribution >= 0.6 is 0 Å². The van der Waals surface area contributed by atoms with Gasteiger partial charge in [0.05, 0.1) is 17.7 Å². The van der Waals surface area contributed by atoms with Gasteiger partial charge in [-0.25, -0.2) is 9.18 Å². The van der Waals surface area contributed by atoms with Crippen molar-refractivity contribution in [3.05, 3.63) is 53.6 Å². The monoisotopic (exact) mass is 438 g/mol. The number of rotatable bonds is 9. The molecule has 0 atom stereocenters. The Morgan fingerprint density at radius 2 is 1.78 bits per heavy atom. The predicted octanol–water partition coefficient (Wildman–Crippen LogP) is 5.54. The molecule has 2 aromatic rings. The molecule has 2 aromatic carbocycles. The van der Waals surface area contributed by atoms with Crippen LogP contribution in [-0.2, 0) is 0 Å². The van der Waals surface area contributed by atoms with E-state index >= 15 is 0 Å². The molecule has 3 rings (SSSR count). The summed E-state index contributed by atoms with van der Waals surface area (Å²) in [6.45, 7) is 6.82. The summed E-state index contributed by atoms with van der Waals surface area (Å²) in [4.78, 5) is 13.4. The number of halogens is 1. The molecule has 1 heterocycles. The molecule has 0 saturated carbocycles. The van der Waals surface area contributed by atoms with Crippen LogP contribution in [0.25, 0.3) is 11.1 Å². The maximum absolute atomic E-state index is 14.6. The number of carboxylic acids is 1. The standard InChI is InChI=1S/C26H31FN2O3/c1-3-26(27,4-2)18-29-13-11-19(12-14-29)17-32-23-8-5-20(6-9-23)21-7-10-24(25(30)31)22(15-21)16-28/h5-10,15,19H,3-4,11-14,17-18H2,1-2H3,(H,30,31). The summed E-state index contributed by atoms with van der Waals surface area (Å²) in [6, 6.07) is 14.3. The molecule has 1 aliphatic heterocycles. The molecule has 0 bridgehead atoms. The highest BCUT2D eigenvalue weighted by Gasteiger charge is 2.30. The van der Waals surface area contributed by atoms with Crippen molar-refractivity contribution in [2.75, 3.05) is 26.2 Å². The summed E-state index contributed by atoms with van der Waals surface area (Å²) in [6.07, 6.45) is 3.14. The third-order valence-corrected chi connectivity index (χ3v) is 6.53. The molecule has 5 nitrogen and oxygen atoms in total. The Balaban J connectivity index is 1.52. The highest BCUT2D eigenvalue weighted by molar-refractivity contribution is 5.91. The van der Waals surface area contributed by atoms with Gasteiger partial charge in [-0.2, -0.15) is 5.26 Å².